The maximum atomic E-state index is 12.7. The summed E-state index contributed by atoms with van der Waals surface area (Å²) in [7, 11) is 0. The van der Waals surface area contributed by atoms with E-state index in [2.05, 4.69) is 5.32 Å². The molecule has 2 N–H and O–H groups in total. The van der Waals surface area contributed by atoms with Gasteiger partial charge < -0.3 is 10.4 Å². The molecule has 0 saturated carbocycles. The minimum Gasteiger partial charge on any atom is -0.508 e. The van der Waals surface area contributed by atoms with Gasteiger partial charge >= 0.3 is 6.18 Å². The van der Waals surface area contributed by atoms with Crippen molar-refractivity contribution in [2.24, 2.45) is 0 Å². The van der Waals surface area contributed by atoms with E-state index in [1.54, 1.807) is 24.3 Å². The normalized spacial score (nSPS) is 19.8. The predicted molar refractivity (Wildman–Crippen MR) is 83.7 cm³/mol. The van der Waals surface area contributed by atoms with Gasteiger partial charge in [0.15, 0.2) is 0 Å². The lowest BCUT2D eigenvalue weighted by molar-refractivity contribution is -0.137. The van der Waals surface area contributed by atoms with E-state index in [9.17, 15) is 18.3 Å². The van der Waals surface area contributed by atoms with Crippen molar-refractivity contribution >= 4 is 5.69 Å². The van der Waals surface area contributed by atoms with Crippen LogP contribution in [0.25, 0.3) is 0 Å². The first-order valence-corrected chi connectivity index (χ1v) is 7.44. The van der Waals surface area contributed by atoms with Gasteiger partial charge in [-0.2, -0.15) is 13.2 Å². The summed E-state index contributed by atoms with van der Waals surface area (Å²) in [6.07, 6.45) is -3.56. The Kier molecular flexibility index (Phi) is 3.54. The number of halogens is 3. The smallest absolute Gasteiger partial charge is 0.416 e. The second-order valence-corrected chi connectivity index (χ2v) is 6.66. The van der Waals surface area contributed by atoms with Crippen LogP contribution < -0.4 is 5.32 Å². The number of rotatable bonds is 1. The number of nitrogens with one attached hydrogen (secondary N) is 1. The topological polar surface area (TPSA) is 32.3 Å². The molecule has 2 nitrogen and oxygen atoms in total. The molecule has 2 aromatic carbocycles. The summed E-state index contributed by atoms with van der Waals surface area (Å²) in [6, 6.07) is 10.4. The maximum Gasteiger partial charge on any atom is 0.416 e. The van der Waals surface area contributed by atoms with Crippen LogP contribution in [0.1, 0.15) is 42.9 Å². The van der Waals surface area contributed by atoms with Crippen LogP contribution >= 0.6 is 0 Å². The molecule has 3 rings (SSSR count). The molecule has 0 fully saturated rings. The summed E-state index contributed by atoms with van der Waals surface area (Å²) in [5.74, 6) is 0.157. The van der Waals surface area contributed by atoms with Gasteiger partial charge in [-0.25, -0.2) is 0 Å². The number of hydrogen-bond donors (Lipinski definition) is 2. The zero-order valence-electron chi connectivity index (χ0n) is 12.9. The molecule has 0 bridgehead atoms. The van der Waals surface area contributed by atoms with Gasteiger partial charge in [-0.05, 0) is 49.6 Å². The third-order valence-electron chi connectivity index (χ3n) is 4.24. The molecule has 0 amide bonds. The van der Waals surface area contributed by atoms with E-state index in [4.69, 9.17) is 0 Å². The SMILES string of the molecule is CC1(C)CC(c2ccc(C(F)(F)F)cc2)c2ccc(O)cc2N1. The Morgan fingerprint density at radius 1 is 1.09 bits per heavy atom. The number of phenols is 1. The monoisotopic (exact) mass is 321 g/mol. The fourth-order valence-corrected chi connectivity index (χ4v) is 3.19. The van der Waals surface area contributed by atoms with E-state index < -0.39 is 11.7 Å². The first kappa shape index (κ1) is 15.7. The Morgan fingerprint density at radius 2 is 1.74 bits per heavy atom. The quantitative estimate of drug-likeness (QED) is 0.762. The Bertz CT molecular complexity index is 720. The molecular weight excluding hydrogens is 303 g/mol. The lowest BCUT2D eigenvalue weighted by atomic mass is 9.77. The van der Waals surface area contributed by atoms with Gasteiger partial charge in [-0.15, -0.1) is 0 Å². The van der Waals surface area contributed by atoms with Crippen LogP contribution in [-0.4, -0.2) is 10.6 Å². The summed E-state index contributed by atoms with van der Waals surface area (Å²) in [6.45, 7) is 4.08. The molecule has 2 aromatic rings. The van der Waals surface area contributed by atoms with Crippen LogP contribution in [-0.2, 0) is 6.18 Å². The van der Waals surface area contributed by atoms with Crippen LogP contribution in [0.15, 0.2) is 42.5 Å². The van der Waals surface area contributed by atoms with Crippen LogP contribution in [0.5, 0.6) is 5.75 Å². The molecule has 1 unspecified atom stereocenters. The highest BCUT2D eigenvalue weighted by molar-refractivity contribution is 5.62. The van der Waals surface area contributed by atoms with E-state index in [0.29, 0.717) is 0 Å². The summed E-state index contributed by atoms with van der Waals surface area (Å²) >= 11 is 0. The minimum absolute atomic E-state index is 0.0101. The van der Waals surface area contributed by atoms with Crippen molar-refractivity contribution in [3.8, 4) is 5.75 Å². The summed E-state index contributed by atoms with van der Waals surface area (Å²) in [5, 5.41) is 13.0. The average Bonchev–Trinajstić information content (AvgIpc) is 2.44. The Morgan fingerprint density at radius 3 is 2.35 bits per heavy atom. The molecule has 5 heteroatoms. The first-order valence-electron chi connectivity index (χ1n) is 7.44. The minimum atomic E-state index is -4.32. The van der Waals surface area contributed by atoms with Crippen molar-refractivity contribution in [2.75, 3.05) is 5.32 Å². The van der Waals surface area contributed by atoms with Gasteiger partial charge in [0, 0.05) is 23.2 Å². The Balaban J connectivity index is 2.02. The van der Waals surface area contributed by atoms with E-state index >= 15 is 0 Å². The summed E-state index contributed by atoms with van der Waals surface area (Å²) in [5.41, 5.74) is 1.81. The molecule has 1 heterocycles. The van der Waals surface area contributed by atoms with Crippen LogP contribution in [0.4, 0.5) is 18.9 Å². The van der Waals surface area contributed by atoms with Gasteiger partial charge in [0.1, 0.15) is 5.75 Å². The molecule has 0 spiro atoms. The lowest BCUT2D eigenvalue weighted by Crippen LogP contribution is -2.37. The largest absolute Gasteiger partial charge is 0.508 e. The molecule has 0 aromatic heterocycles. The Hall–Kier alpha value is -2.17. The van der Waals surface area contributed by atoms with Crippen LogP contribution in [0.3, 0.4) is 0 Å². The highest BCUT2D eigenvalue weighted by Crippen LogP contribution is 2.44. The molecular formula is C18H18F3NO. The zero-order valence-corrected chi connectivity index (χ0v) is 12.9. The Labute approximate surface area is 133 Å². The number of fused-ring (bicyclic) bond motifs is 1. The lowest BCUT2D eigenvalue weighted by Gasteiger charge is -2.39. The van der Waals surface area contributed by atoms with Gasteiger partial charge in [0.25, 0.3) is 0 Å². The van der Waals surface area contributed by atoms with Crippen LogP contribution in [0.2, 0.25) is 0 Å². The van der Waals surface area contributed by atoms with Crippen molar-refractivity contribution in [1.82, 2.24) is 0 Å². The number of benzene rings is 2. The molecule has 122 valence electrons. The molecule has 1 aliphatic heterocycles. The maximum absolute atomic E-state index is 12.7. The second-order valence-electron chi connectivity index (χ2n) is 6.66. The predicted octanol–water partition coefficient (Wildman–Crippen LogP) is 5.14. The molecule has 1 aliphatic rings. The van der Waals surface area contributed by atoms with Gasteiger partial charge in [-0.1, -0.05) is 18.2 Å². The summed E-state index contributed by atoms with van der Waals surface area (Å²) in [4.78, 5) is 0. The zero-order chi connectivity index (χ0) is 16.8. The van der Waals surface area contributed by atoms with E-state index in [-0.39, 0.29) is 17.2 Å². The van der Waals surface area contributed by atoms with Crippen molar-refractivity contribution in [2.45, 2.75) is 37.9 Å². The van der Waals surface area contributed by atoms with E-state index in [1.165, 1.54) is 0 Å². The van der Waals surface area contributed by atoms with Crippen LogP contribution in [0, 0.1) is 0 Å². The molecule has 23 heavy (non-hydrogen) atoms. The number of hydrogen-bond acceptors (Lipinski definition) is 2. The molecule has 0 radical (unpaired) electrons. The van der Waals surface area contributed by atoms with E-state index in [0.717, 1.165) is 35.4 Å². The average molecular weight is 321 g/mol. The highest BCUT2D eigenvalue weighted by Gasteiger charge is 2.34. The fraction of sp³-hybridized carbons (Fsp3) is 0.333. The van der Waals surface area contributed by atoms with Crippen molar-refractivity contribution in [3.63, 3.8) is 0 Å². The molecule has 0 aliphatic carbocycles. The molecule has 1 atom stereocenters. The van der Waals surface area contributed by atoms with E-state index in [1.807, 2.05) is 19.9 Å². The fourth-order valence-electron chi connectivity index (χ4n) is 3.19. The molecule has 0 saturated heterocycles. The second kappa shape index (κ2) is 5.18. The number of aromatic hydroxyl groups is 1. The van der Waals surface area contributed by atoms with Crippen molar-refractivity contribution < 1.29 is 18.3 Å². The van der Waals surface area contributed by atoms with Crippen molar-refractivity contribution in [1.29, 1.82) is 0 Å². The summed E-state index contributed by atoms with van der Waals surface area (Å²) < 4.78 is 38.2. The van der Waals surface area contributed by atoms with Crippen molar-refractivity contribution in [3.05, 3.63) is 59.2 Å². The standard InChI is InChI=1S/C18H18F3NO/c1-17(2)10-15(14-8-7-13(23)9-16(14)22-17)11-3-5-12(6-4-11)18(19,20)21/h3-9,15,22-23H,10H2,1-2H3. The van der Waals surface area contributed by atoms with Gasteiger partial charge in [0.05, 0.1) is 5.56 Å². The third kappa shape index (κ3) is 3.14. The van der Waals surface area contributed by atoms with Gasteiger partial charge in [-0.3, -0.25) is 0 Å². The number of alkyl halides is 3. The number of anilines is 1. The number of phenolic OH excluding ortho intramolecular Hbond substituents is 1. The highest BCUT2D eigenvalue weighted by atomic mass is 19.4. The first-order chi connectivity index (χ1) is 10.7. The third-order valence-corrected chi connectivity index (χ3v) is 4.24. The van der Waals surface area contributed by atoms with Gasteiger partial charge in [0.2, 0.25) is 0 Å².